The first-order valence-electron chi connectivity index (χ1n) is 24.0. The van der Waals surface area contributed by atoms with Crippen molar-refractivity contribution in [2.24, 2.45) is 0 Å². The quantitative estimate of drug-likeness (QED) is 0.0189. The van der Waals surface area contributed by atoms with E-state index in [-0.39, 0.29) is 18.6 Å². The number of rotatable bonds is 45. The van der Waals surface area contributed by atoms with Crippen molar-refractivity contribution in [1.82, 2.24) is 0 Å². The van der Waals surface area contributed by atoms with E-state index >= 15 is 0 Å². The van der Waals surface area contributed by atoms with Crippen LogP contribution >= 0.6 is 15.6 Å². The lowest BCUT2D eigenvalue weighted by atomic mass is 9.89. The van der Waals surface area contributed by atoms with Gasteiger partial charge in [0.2, 0.25) is 0 Å². The molecule has 0 N–H and O–H groups in total. The lowest BCUT2D eigenvalue weighted by molar-refractivity contribution is -0.220. The van der Waals surface area contributed by atoms with E-state index in [1.807, 2.05) is 21.7 Å². The fourth-order valence-electron chi connectivity index (χ4n) is 7.40. The number of hydrogen-bond acceptors (Lipinski definition) is 13. The largest absolute Gasteiger partial charge is 0.502 e. The van der Waals surface area contributed by atoms with E-state index in [2.05, 4.69) is 27.7 Å². The molecule has 0 aromatic heterocycles. The standard InChI is InChI=1S/C43H92B2O13P2/c1-11-17-21-25-29-33-36(32-28-24-20-14-4)52-40(42(44)48-7)38(15-5)54-60(47,58-51-10)56-41(43(45)49-8)39(16-6)55-59(46,57-50-9)53-37(34-30-26-22-18-12-2)35-31-27-23-19-13-3/h36-43H,11-35,44-45H2,1-10H3/t36?,38-,39-,40?,41?,42?,43?,59?,60?/m1/s1. The SMILES string of the molecule is BC(OC)C(OP(=O)(OOC)O[C@H](CC)C(OC(CCCCCC)CCCCCCC)C(B)OC)[C@@H](CC)OP(=O)(OOC)OC(CCCCCCC)CCCCCCC. The summed E-state index contributed by atoms with van der Waals surface area (Å²) in [7, 11) is 0.328. The molecule has 0 radical (unpaired) electrons. The molecule has 9 atom stereocenters. The number of phosphoric acid groups is 2. The lowest BCUT2D eigenvalue weighted by Crippen LogP contribution is -2.45. The molecular weight excluding hydrogens is 808 g/mol. The monoisotopic (exact) mass is 901 g/mol. The second kappa shape index (κ2) is 38.4. The highest BCUT2D eigenvalue weighted by Crippen LogP contribution is 2.57. The average molecular weight is 901 g/mol. The molecule has 60 heavy (non-hydrogen) atoms. The van der Waals surface area contributed by atoms with Gasteiger partial charge >= 0.3 is 15.6 Å². The molecule has 0 fully saturated rings. The molecule has 0 saturated carbocycles. The molecule has 0 aliphatic carbocycles. The summed E-state index contributed by atoms with van der Waals surface area (Å²) < 4.78 is 83.4. The summed E-state index contributed by atoms with van der Waals surface area (Å²) in [4.78, 5) is 9.99. The third-order valence-corrected chi connectivity index (χ3v) is 14.0. The molecule has 0 amide bonds. The third-order valence-electron chi connectivity index (χ3n) is 11.2. The van der Waals surface area contributed by atoms with Crippen molar-refractivity contribution in [3.63, 3.8) is 0 Å². The average Bonchev–Trinajstić information content (AvgIpc) is 3.23. The Morgan fingerprint density at radius 1 is 0.417 bits per heavy atom. The van der Waals surface area contributed by atoms with Crippen molar-refractivity contribution in [1.29, 1.82) is 0 Å². The molecule has 17 heteroatoms. The minimum atomic E-state index is -4.57. The summed E-state index contributed by atoms with van der Waals surface area (Å²) in [5.41, 5.74) is 0. The van der Waals surface area contributed by atoms with E-state index in [0.717, 1.165) is 96.3 Å². The molecule has 0 spiro atoms. The van der Waals surface area contributed by atoms with Gasteiger partial charge in [-0.05, 0) is 38.5 Å². The van der Waals surface area contributed by atoms with Crippen LogP contribution in [0.5, 0.6) is 0 Å². The molecule has 0 saturated heterocycles. The number of ether oxygens (including phenoxy) is 3. The Labute approximate surface area is 370 Å². The summed E-state index contributed by atoms with van der Waals surface area (Å²) in [5, 5.41) is 0. The smallest absolute Gasteiger partial charge is 0.388 e. The van der Waals surface area contributed by atoms with Crippen LogP contribution in [0.1, 0.15) is 202 Å². The Kier molecular flexibility index (Phi) is 38.5. The van der Waals surface area contributed by atoms with Gasteiger partial charge in [-0.1, -0.05) is 164 Å². The predicted octanol–water partition coefficient (Wildman–Crippen LogP) is 11.7. The van der Waals surface area contributed by atoms with Crippen LogP contribution in [-0.4, -0.2) is 92.8 Å². The zero-order valence-electron chi connectivity index (χ0n) is 40.5. The van der Waals surface area contributed by atoms with Gasteiger partial charge in [0.15, 0.2) is 0 Å². The Morgan fingerprint density at radius 2 is 0.750 bits per heavy atom. The fraction of sp³-hybridized carbons (Fsp3) is 1.00. The second-order valence-corrected chi connectivity index (χ2v) is 19.3. The summed E-state index contributed by atoms with van der Waals surface area (Å²) in [6.07, 6.45) is 21.1. The number of hydrogen-bond donors (Lipinski definition) is 0. The van der Waals surface area contributed by atoms with Crippen molar-refractivity contribution in [3.05, 3.63) is 0 Å². The van der Waals surface area contributed by atoms with Crippen LogP contribution in [0.15, 0.2) is 0 Å². The van der Waals surface area contributed by atoms with Crippen molar-refractivity contribution >= 4 is 31.3 Å². The van der Waals surface area contributed by atoms with Crippen LogP contribution in [0.2, 0.25) is 0 Å². The first-order chi connectivity index (χ1) is 28.9. The van der Waals surface area contributed by atoms with Crippen LogP contribution in [0.3, 0.4) is 0 Å². The van der Waals surface area contributed by atoms with Gasteiger partial charge in [0, 0.05) is 14.2 Å². The van der Waals surface area contributed by atoms with E-state index in [4.69, 9.17) is 51.4 Å². The Balaban J connectivity index is 6.55. The number of phosphoric ester groups is 2. The van der Waals surface area contributed by atoms with Gasteiger partial charge in [0.05, 0.1) is 50.6 Å². The number of methoxy groups -OCH3 is 2. The van der Waals surface area contributed by atoms with E-state index in [9.17, 15) is 9.13 Å². The highest BCUT2D eigenvalue weighted by Gasteiger charge is 2.46. The maximum absolute atomic E-state index is 14.8. The molecule has 13 nitrogen and oxygen atoms in total. The van der Waals surface area contributed by atoms with Gasteiger partial charge in [-0.3, -0.25) is 18.1 Å². The molecule has 0 aliphatic heterocycles. The molecule has 0 aromatic carbocycles. The Hall–Kier alpha value is 0.150. The van der Waals surface area contributed by atoms with Crippen molar-refractivity contribution < 1.29 is 60.6 Å². The summed E-state index contributed by atoms with van der Waals surface area (Å²) in [5.74, 6) is 0. The topological polar surface area (TPSA) is 136 Å². The third kappa shape index (κ3) is 27.5. The van der Waals surface area contributed by atoms with Crippen LogP contribution in [0, 0.1) is 0 Å². The van der Waals surface area contributed by atoms with E-state index in [1.165, 1.54) is 59.9 Å². The van der Waals surface area contributed by atoms with Crippen LogP contribution < -0.4 is 0 Å². The van der Waals surface area contributed by atoms with Crippen LogP contribution in [0.25, 0.3) is 0 Å². The summed E-state index contributed by atoms with van der Waals surface area (Å²) in [6.45, 7) is 12.6. The Bertz CT molecular complexity index is 1050. The molecule has 0 aliphatic rings. The van der Waals surface area contributed by atoms with Crippen LogP contribution in [-0.2, 0) is 60.6 Å². The number of unbranched alkanes of at least 4 members (excludes halogenated alkanes) is 15. The van der Waals surface area contributed by atoms with Crippen molar-refractivity contribution in [3.8, 4) is 0 Å². The maximum Gasteiger partial charge on any atom is 0.502 e. The molecular formula is C43H92B2O13P2. The minimum absolute atomic E-state index is 0.0297. The van der Waals surface area contributed by atoms with Crippen molar-refractivity contribution in [2.45, 2.75) is 251 Å². The first-order valence-corrected chi connectivity index (χ1v) is 26.9. The Morgan fingerprint density at radius 3 is 1.12 bits per heavy atom. The maximum atomic E-state index is 14.8. The molecule has 0 aromatic rings. The first kappa shape index (κ1) is 60.1. The zero-order valence-corrected chi connectivity index (χ0v) is 42.3. The van der Waals surface area contributed by atoms with Gasteiger partial charge in [0.1, 0.15) is 27.9 Å². The normalized spacial score (nSPS) is 17.8. The molecule has 0 bridgehead atoms. The van der Waals surface area contributed by atoms with E-state index in [1.54, 1.807) is 15.0 Å². The van der Waals surface area contributed by atoms with Gasteiger partial charge in [-0.2, -0.15) is 0 Å². The highest BCUT2D eigenvalue weighted by molar-refractivity contribution is 7.48. The minimum Gasteiger partial charge on any atom is -0.388 e. The van der Waals surface area contributed by atoms with Gasteiger partial charge in [-0.15, -0.1) is 9.35 Å². The summed E-state index contributed by atoms with van der Waals surface area (Å²) in [6, 6.07) is -1.16. The van der Waals surface area contributed by atoms with Gasteiger partial charge in [0.25, 0.3) is 0 Å². The molecule has 358 valence electrons. The predicted molar refractivity (Wildman–Crippen MR) is 248 cm³/mol. The van der Waals surface area contributed by atoms with Gasteiger partial charge in [-0.25, -0.2) is 18.9 Å². The molecule has 7 unspecified atom stereocenters. The molecule has 0 heterocycles. The summed E-state index contributed by atoms with van der Waals surface area (Å²) >= 11 is 0. The van der Waals surface area contributed by atoms with E-state index in [0.29, 0.717) is 19.3 Å². The van der Waals surface area contributed by atoms with Crippen molar-refractivity contribution in [2.75, 3.05) is 28.4 Å². The van der Waals surface area contributed by atoms with E-state index < -0.39 is 52.1 Å². The second-order valence-electron chi connectivity index (χ2n) is 16.3. The molecule has 0 rings (SSSR count). The van der Waals surface area contributed by atoms with Crippen LogP contribution in [0.4, 0.5) is 0 Å². The zero-order chi connectivity index (χ0) is 45.1. The fourth-order valence-corrected chi connectivity index (χ4v) is 10.4. The highest BCUT2D eigenvalue weighted by atomic mass is 31.2. The lowest BCUT2D eigenvalue weighted by Gasteiger charge is -2.37. The van der Waals surface area contributed by atoms with Gasteiger partial charge < -0.3 is 14.2 Å².